The van der Waals surface area contributed by atoms with Crippen LogP contribution in [0.1, 0.15) is 22.3 Å². The molecule has 0 atom stereocenters. The molecule has 0 spiro atoms. The highest BCUT2D eigenvalue weighted by molar-refractivity contribution is 6.00. The monoisotopic (exact) mass is 737 g/mol. The normalized spacial score (nSPS) is 12.6. The Morgan fingerprint density at radius 2 is 0.776 bits per heavy atom. The van der Waals surface area contributed by atoms with E-state index in [-0.39, 0.29) is 0 Å². The lowest BCUT2D eigenvalue weighted by Crippen LogP contribution is -2.32. The van der Waals surface area contributed by atoms with Crippen molar-refractivity contribution in [2.75, 3.05) is 4.90 Å². The van der Waals surface area contributed by atoms with Gasteiger partial charge < -0.3 is 4.90 Å². The quantitative estimate of drug-likeness (QED) is 0.164. The van der Waals surface area contributed by atoms with Crippen molar-refractivity contribution in [2.24, 2.45) is 0 Å². The number of nitrogens with zero attached hydrogens (tertiary/aromatic N) is 1. The standard InChI is InChI=1S/C57H39N/c1-2-21-43(22-3-1)57(54-32-12-10-29-52(54)50-27-8-9-28-51(50)53-30-11-13-33-55(53)57)44-23-16-24-46(39-44)58(56-34-15-20-41-18-5-7-26-49(41)56)45-37-35-42(36-38-45)48-31-14-19-40-17-4-6-25-47(40)48/h1-39H. The number of rotatable bonds is 6. The van der Waals surface area contributed by atoms with Crippen LogP contribution in [0.5, 0.6) is 0 Å². The summed E-state index contributed by atoms with van der Waals surface area (Å²) in [6, 6.07) is 87.1. The van der Waals surface area contributed by atoms with Gasteiger partial charge in [-0.15, -0.1) is 0 Å². The summed E-state index contributed by atoms with van der Waals surface area (Å²) < 4.78 is 0. The minimum absolute atomic E-state index is 0.633. The van der Waals surface area contributed by atoms with Gasteiger partial charge in [-0.3, -0.25) is 0 Å². The van der Waals surface area contributed by atoms with Gasteiger partial charge in [0.1, 0.15) is 0 Å². The number of hydrogen-bond donors (Lipinski definition) is 0. The molecule has 0 amide bonds. The van der Waals surface area contributed by atoms with Gasteiger partial charge in [-0.05, 0) is 102 Å². The van der Waals surface area contributed by atoms with E-state index in [4.69, 9.17) is 0 Å². The summed E-state index contributed by atoms with van der Waals surface area (Å²) in [7, 11) is 0. The van der Waals surface area contributed by atoms with Crippen molar-refractivity contribution in [2.45, 2.75) is 5.41 Å². The van der Waals surface area contributed by atoms with E-state index in [0.29, 0.717) is 0 Å². The molecule has 0 saturated heterocycles. The van der Waals surface area contributed by atoms with Gasteiger partial charge in [-0.2, -0.15) is 0 Å². The predicted octanol–water partition coefficient (Wildman–Crippen LogP) is 15.2. The molecule has 0 radical (unpaired) electrons. The minimum Gasteiger partial charge on any atom is -0.310 e. The van der Waals surface area contributed by atoms with Crippen molar-refractivity contribution in [1.82, 2.24) is 0 Å². The van der Waals surface area contributed by atoms with Gasteiger partial charge in [0.05, 0.1) is 11.1 Å². The van der Waals surface area contributed by atoms with Crippen LogP contribution in [0.3, 0.4) is 0 Å². The van der Waals surface area contributed by atoms with Crippen LogP contribution >= 0.6 is 0 Å². The summed E-state index contributed by atoms with van der Waals surface area (Å²) in [5.74, 6) is 0. The Balaban J connectivity index is 1.18. The topological polar surface area (TPSA) is 3.24 Å². The minimum atomic E-state index is -0.633. The second-order valence-corrected chi connectivity index (χ2v) is 15.2. The van der Waals surface area contributed by atoms with Crippen LogP contribution in [0.2, 0.25) is 0 Å². The van der Waals surface area contributed by atoms with Crippen LogP contribution in [0.25, 0.3) is 54.9 Å². The van der Waals surface area contributed by atoms with E-state index in [9.17, 15) is 0 Å². The van der Waals surface area contributed by atoms with Gasteiger partial charge in [0, 0.05) is 16.8 Å². The van der Waals surface area contributed by atoms with E-state index in [1.165, 1.54) is 77.2 Å². The van der Waals surface area contributed by atoms with Crippen LogP contribution in [0, 0.1) is 0 Å². The highest BCUT2D eigenvalue weighted by Crippen LogP contribution is 2.55. The van der Waals surface area contributed by atoms with Crippen LogP contribution in [-0.2, 0) is 5.41 Å². The van der Waals surface area contributed by atoms with Crippen molar-refractivity contribution in [3.8, 4) is 33.4 Å². The first kappa shape index (κ1) is 33.8. The molecule has 11 rings (SSSR count). The Morgan fingerprint density at radius 3 is 1.47 bits per heavy atom. The smallest absolute Gasteiger partial charge is 0.0714 e. The Bertz CT molecular complexity index is 3050. The molecule has 10 aromatic carbocycles. The lowest BCUT2D eigenvalue weighted by Gasteiger charge is -2.39. The van der Waals surface area contributed by atoms with Crippen molar-refractivity contribution >= 4 is 38.6 Å². The fraction of sp³-hybridized carbons (Fsp3) is 0.0175. The Kier molecular flexibility index (Phi) is 8.12. The fourth-order valence-corrected chi connectivity index (χ4v) is 9.64. The molecule has 1 aliphatic rings. The molecule has 1 aliphatic carbocycles. The Hall–Kier alpha value is -7.48. The van der Waals surface area contributed by atoms with E-state index in [1.54, 1.807) is 0 Å². The molecule has 0 bridgehead atoms. The van der Waals surface area contributed by atoms with Gasteiger partial charge in [0.15, 0.2) is 0 Å². The highest BCUT2D eigenvalue weighted by atomic mass is 15.1. The van der Waals surface area contributed by atoms with E-state index in [1.807, 2.05) is 0 Å². The average Bonchev–Trinajstić information content (AvgIpc) is 3.41. The number of benzene rings is 10. The molecular formula is C57H39N. The fourth-order valence-electron chi connectivity index (χ4n) is 9.64. The SMILES string of the molecule is c1ccc(C2(c3cccc(N(c4ccc(-c5cccc6ccccc56)cc4)c4cccc5ccccc45)c3)c3ccccc3-c3ccccc3-c3ccccc32)cc1. The zero-order valence-electron chi connectivity index (χ0n) is 32.0. The molecule has 10 aromatic rings. The Labute approximate surface area is 339 Å². The maximum absolute atomic E-state index is 2.45. The summed E-state index contributed by atoms with van der Waals surface area (Å²) in [6.07, 6.45) is 0. The second kappa shape index (κ2) is 13.9. The summed E-state index contributed by atoms with van der Waals surface area (Å²) in [4.78, 5) is 2.45. The van der Waals surface area contributed by atoms with Gasteiger partial charge in [-0.25, -0.2) is 0 Å². The van der Waals surface area contributed by atoms with Crippen LogP contribution in [0.15, 0.2) is 237 Å². The summed E-state index contributed by atoms with van der Waals surface area (Å²) in [5, 5.41) is 4.91. The van der Waals surface area contributed by atoms with Crippen molar-refractivity contribution in [3.05, 3.63) is 259 Å². The summed E-state index contributed by atoms with van der Waals surface area (Å²) >= 11 is 0. The van der Waals surface area contributed by atoms with Crippen molar-refractivity contribution in [3.63, 3.8) is 0 Å². The molecule has 0 heterocycles. The Morgan fingerprint density at radius 1 is 0.293 bits per heavy atom. The molecule has 1 heteroatoms. The predicted molar refractivity (Wildman–Crippen MR) is 244 cm³/mol. The zero-order chi connectivity index (χ0) is 38.5. The van der Waals surface area contributed by atoms with E-state index in [0.717, 1.165) is 17.1 Å². The van der Waals surface area contributed by atoms with Crippen molar-refractivity contribution < 1.29 is 0 Å². The highest BCUT2D eigenvalue weighted by Gasteiger charge is 2.44. The van der Waals surface area contributed by atoms with E-state index >= 15 is 0 Å². The zero-order valence-corrected chi connectivity index (χ0v) is 32.0. The van der Waals surface area contributed by atoms with Gasteiger partial charge in [0.2, 0.25) is 0 Å². The number of hydrogen-bond acceptors (Lipinski definition) is 1. The molecule has 0 N–H and O–H groups in total. The number of anilines is 3. The first-order chi connectivity index (χ1) is 28.8. The third-order valence-corrected chi connectivity index (χ3v) is 12.1. The van der Waals surface area contributed by atoms with Gasteiger partial charge in [-0.1, -0.05) is 206 Å². The molecule has 58 heavy (non-hydrogen) atoms. The molecule has 0 aliphatic heterocycles. The van der Waals surface area contributed by atoms with Crippen LogP contribution in [-0.4, -0.2) is 0 Å². The van der Waals surface area contributed by atoms with E-state index < -0.39 is 5.41 Å². The van der Waals surface area contributed by atoms with E-state index in [2.05, 4.69) is 241 Å². The third kappa shape index (κ3) is 5.32. The molecule has 0 fully saturated rings. The summed E-state index contributed by atoms with van der Waals surface area (Å²) in [6.45, 7) is 0. The molecule has 272 valence electrons. The average molecular weight is 738 g/mol. The maximum atomic E-state index is 2.45. The van der Waals surface area contributed by atoms with Crippen LogP contribution in [0.4, 0.5) is 17.1 Å². The van der Waals surface area contributed by atoms with Crippen molar-refractivity contribution in [1.29, 1.82) is 0 Å². The molecule has 1 nitrogen and oxygen atoms in total. The lowest BCUT2D eigenvalue weighted by atomic mass is 9.63. The largest absolute Gasteiger partial charge is 0.310 e. The first-order valence-corrected chi connectivity index (χ1v) is 20.1. The second-order valence-electron chi connectivity index (χ2n) is 15.2. The maximum Gasteiger partial charge on any atom is 0.0714 e. The van der Waals surface area contributed by atoms with Crippen LogP contribution < -0.4 is 4.90 Å². The molecule has 0 unspecified atom stereocenters. The van der Waals surface area contributed by atoms with Gasteiger partial charge >= 0.3 is 0 Å². The number of fused-ring (bicyclic) bond motifs is 7. The molecule has 0 aromatic heterocycles. The van der Waals surface area contributed by atoms with Gasteiger partial charge in [0.25, 0.3) is 0 Å². The molecular weight excluding hydrogens is 699 g/mol. The first-order valence-electron chi connectivity index (χ1n) is 20.1. The molecule has 0 saturated carbocycles. The summed E-state index contributed by atoms with van der Waals surface area (Å²) in [5.41, 5.74) is 15.1. The lowest BCUT2D eigenvalue weighted by molar-refractivity contribution is 0.751. The third-order valence-electron chi connectivity index (χ3n) is 12.1.